The Hall–Kier alpha value is -3.94. The van der Waals surface area contributed by atoms with Crippen LogP contribution < -0.4 is 14.4 Å². The number of hydrogen-bond donors (Lipinski definition) is 0. The Kier molecular flexibility index (Phi) is 6.26. The Morgan fingerprint density at radius 3 is 2.48 bits per heavy atom. The number of amides is 2. The van der Waals surface area contributed by atoms with Gasteiger partial charge in [0.15, 0.2) is 11.5 Å². The van der Waals surface area contributed by atoms with Gasteiger partial charge in [0.2, 0.25) is 0 Å². The molecule has 0 saturated carbocycles. The van der Waals surface area contributed by atoms with E-state index < -0.39 is 5.82 Å². The summed E-state index contributed by atoms with van der Waals surface area (Å²) in [5.74, 6) is 0.854. The third-order valence-electron chi connectivity index (χ3n) is 5.72. The third kappa shape index (κ3) is 4.37. The minimum Gasteiger partial charge on any atom is -0.493 e. The lowest BCUT2D eigenvalue weighted by molar-refractivity contribution is 0.190. The quantitative estimate of drug-likeness (QED) is 0.578. The summed E-state index contributed by atoms with van der Waals surface area (Å²) in [5.41, 5.74) is 3.73. The number of hydrogen-bond acceptors (Lipinski definition) is 5. The molecule has 3 aromatic rings. The molecule has 1 aliphatic heterocycles. The molecule has 0 fully saturated rings. The molecule has 170 valence electrons. The number of ether oxygens (including phenoxy) is 2. The molecular weight excluding hydrogens is 423 g/mol. The summed E-state index contributed by atoms with van der Waals surface area (Å²) in [6, 6.07) is 12.1. The highest BCUT2D eigenvalue weighted by Crippen LogP contribution is 2.32. The molecule has 2 amide bonds. The molecule has 4 rings (SSSR count). The van der Waals surface area contributed by atoms with Crippen LogP contribution in [0, 0.1) is 5.82 Å². The number of pyridine rings is 1. The first-order valence-electron chi connectivity index (χ1n) is 10.5. The second-order valence-electron chi connectivity index (χ2n) is 7.79. The Labute approximate surface area is 192 Å². The van der Waals surface area contributed by atoms with Crippen molar-refractivity contribution in [3.63, 3.8) is 0 Å². The van der Waals surface area contributed by atoms with E-state index in [9.17, 15) is 9.18 Å². The highest BCUT2D eigenvalue weighted by Gasteiger charge is 2.27. The molecule has 8 heteroatoms. The van der Waals surface area contributed by atoms with Gasteiger partial charge in [-0.15, -0.1) is 0 Å². The van der Waals surface area contributed by atoms with Gasteiger partial charge in [-0.1, -0.05) is 12.1 Å². The fourth-order valence-electron chi connectivity index (χ4n) is 3.85. The van der Waals surface area contributed by atoms with E-state index in [2.05, 4.69) is 10.1 Å². The number of aromatic nitrogens is 1. The molecule has 1 atom stereocenters. The fourth-order valence-corrected chi connectivity index (χ4v) is 3.85. The lowest BCUT2D eigenvalue weighted by Crippen LogP contribution is -2.43. The van der Waals surface area contributed by atoms with Gasteiger partial charge < -0.3 is 9.47 Å². The first kappa shape index (κ1) is 22.3. The number of carbonyl (C=O) groups excluding carboxylic acids is 1. The molecule has 0 aliphatic carbocycles. The number of anilines is 1. The molecule has 1 unspecified atom stereocenters. The third-order valence-corrected chi connectivity index (χ3v) is 5.72. The molecule has 0 radical (unpaired) electrons. The summed E-state index contributed by atoms with van der Waals surface area (Å²) in [5, 5.41) is 5.93. The number of benzene rings is 2. The van der Waals surface area contributed by atoms with Gasteiger partial charge in [0.05, 0.1) is 32.7 Å². The smallest absolute Gasteiger partial charge is 0.344 e. The Balaban J connectivity index is 1.55. The average Bonchev–Trinajstić information content (AvgIpc) is 3.00. The maximum Gasteiger partial charge on any atom is 0.344 e. The second kappa shape index (κ2) is 9.28. The van der Waals surface area contributed by atoms with Gasteiger partial charge in [0, 0.05) is 30.1 Å². The zero-order chi connectivity index (χ0) is 23.5. The van der Waals surface area contributed by atoms with E-state index in [1.807, 2.05) is 19.1 Å². The number of fused-ring (bicyclic) bond motifs is 1. The maximum absolute atomic E-state index is 14.0. The van der Waals surface area contributed by atoms with Crippen molar-refractivity contribution in [1.82, 2.24) is 9.99 Å². The Morgan fingerprint density at radius 2 is 1.82 bits per heavy atom. The van der Waals surface area contributed by atoms with Gasteiger partial charge in [-0.05, 0) is 54.8 Å². The van der Waals surface area contributed by atoms with Crippen LogP contribution >= 0.6 is 0 Å². The molecule has 1 aromatic heterocycles. The van der Waals surface area contributed by atoms with Crippen molar-refractivity contribution in [2.24, 2.45) is 5.10 Å². The predicted octanol–water partition coefficient (Wildman–Crippen LogP) is 4.74. The molecular formula is C25H25FN4O3. The predicted molar refractivity (Wildman–Crippen MR) is 126 cm³/mol. The van der Waals surface area contributed by atoms with Gasteiger partial charge in [-0.2, -0.15) is 5.10 Å². The summed E-state index contributed by atoms with van der Waals surface area (Å²) in [7, 11) is 4.87. The van der Waals surface area contributed by atoms with Crippen molar-refractivity contribution in [3.8, 4) is 22.6 Å². The van der Waals surface area contributed by atoms with E-state index in [4.69, 9.17) is 9.47 Å². The number of urea groups is 1. The summed E-state index contributed by atoms with van der Waals surface area (Å²) >= 11 is 0. The van der Waals surface area contributed by atoms with E-state index >= 15 is 0 Å². The van der Waals surface area contributed by atoms with E-state index in [-0.39, 0.29) is 12.1 Å². The van der Waals surface area contributed by atoms with E-state index in [1.165, 1.54) is 16.1 Å². The van der Waals surface area contributed by atoms with Gasteiger partial charge >= 0.3 is 6.03 Å². The molecule has 0 bridgehead atoms. The minimum absolute atomic E-state index is 0.180. The molecule has 1 aliphatic rings. The molecule has 33 heavy (non-hydrogen) atoms. The van der Waals surface area contributed by atoms with Crippen LogP contribution in [-0.2, 0) is 6.42 Å². The van der Waals surface area contributed by atoms with Gasteiger partial charge in [0.1, 0.15) is 5.82 Å². The zero-order valence-corrected chi connectivity index (χ0v) is 18.9. The van der Waals surface area contributed by atoms with Crippen LogP contribution in [0.5, 0.6) is 11.5 Å². The fraction of sp³-hybridized carbons (Fsp3) is 0.240. The van der Waals surface area contributed by atoms with Crippen LogP contribution in [0.25, 0.3) is 11.1 Å². The summed E-state index contributed by atoms with van der Waals surface area (Å²) < 4.78 is 24.8. The summed E-state index contributed by atoms with van der Waals surface area (Å²) in [6.07, 6.45) is 5.00. The number of carbonyl (C=O) groups is 1. The zero-order valence-electron chi connectivity index (χ0n) is 18.9. The van der Waals surface area contributed by atoms with Crippen molar-refractivity contribution in [2.75, 3.05) is 26.2 Å². The summed E-state index contributed by atoms with van der Waals surface area (Å²) in [4.78, 5) is 18.6. The molecule has 2 aromatic carbocycles. The lowest BCUT2D eigenvalue weighted by atomic mass is 10.0. The Morgan fingerprint density at radius 1 is 1.12 bits per heavy atom. The van der Waals surface area contributed by atoms with Crippen LogP contribution in [-0.4, -0.2) is 49.5 Å². The lowest BCUT2D eigenvalue weighted by Gasteiger charge is -2.28. The van der Waals surface area contributed by atoms with Crippen LogP contribution in [0.1, 0.15) is 18.1 Å². The largest absolute Gasteiger partial charge is 0.493 e. The molecule has 0 spiro atoms. The van der Waals surface area contributed by atoms with E-state index in [0.29, 0.717) is 34.7 Å². The summed E-state index contributed by atoms with van der Waals surface area (Å²) in [6.45, 7) is 1.95. The number of methoxy groups -OCH3 is 2. The van der Waals surface area contributed by atoms with Gasteiger partial charge in [-0.25, -0.2) is 14.2 Å². The van der Waals surface area contributed by atoms with Crippen molar-refractivity contribution in [2.45, 2.75) is 19.4 Å². The molecule has 7 nitrogen and oxygen atoms in total. The minimum atomic E-state index is -0.393. The highest BCUT2D eigenvalue weighted by atomic mass is 19.1. The topological polar surface area (TPSA) is 67.3 Å². The Bertz CT molecular complexity index is 1200. The first-order chi connectivity index (χ1) is 15.9. The molecule has 0 N–H and O–H groups in total. The monoisotopic (exact) mass is 448 g/mol. The SMILES string of the molecule is COc1cc2c(cc1OC)CC(C)N(C(=O)N(C)c1ccc(-c3ccncc3F)cc1)N=C2. The van der Waals surface area contributed by atoms with Crippen LogP contribution in [0.3, 0.4) is 0 Å². The molecule has 2 heterocycles. The highest BCUT2D eigenvalue weighted by molar-refractivity contribution is 5.93. The van der Waals surface area contributed by atoms with Gasteiger partial charge in [-0.3, -0.25) is 9.88 Å². The second-order valence-corrected chi connectivity index (χ2v) is 7.79. The van der Waals surface area contributed by atoms with Gasteiger partial charge in [0.25, 0.3) is 0 Å². The number of nitrogens with zero attached hydrogens (tertiary/aromatic N) is 4. The number of hydrazone groups is 1. The van der Waals surface area contributed by atoms with Crippen molar-refractivity contribution >= 4 is 17.9 Å². The average molecular weight is 448 g/mol. The van der Waals surface area contributed by atoms with Crippen LogP contribution in [0.4, 0.5) is 14.9 Å². The van der Waals surface area contributed by atoms with Crippen LogP contribution in [0.15, 0.2) is 60.0 Å². The van der Waals surface area contributed by atoms with Crippen molar-refractivity contribution < 1.29 is 18.7 Å². The van der Waals surface area contributed by atoms with Crippen molar-refractivity contribution in [1.29, 1.82) is 0 Å². The standard InChI is InChI=1S/C25H25FN4O3/c1-16-11-18-12-23(32-3)24(33-4)13-19(18)14-28-30(16)25(31)29(2)20-7-5-17(6-8-20)21-9-10-27-15-22(21)26/h5-10,12-16H,11H2,1-4H3. The molecule has 0 saturated heterocycles. The maximum atomic E-state index is 14.0. The van der Waals surface area contributed by atoms with E-state index in [0.717, 1.165) is 11.1 Å². The van der Waals surface area contributed by atoms with E-state index in [1.54, 1.807) is 64.0 Å². The number of halogens is 1. The normalized spacial score (nSPS) is 14.9. The first-order valence-corrected chi connectivity index (χ1v) is 10.5. The number of rotatable bonds is 4. The van der Waals surface area contributed by atoms with Crippen molar-refractivity contribution in [3.05, 3.63) is 71.8 Å². The van der Waals surface area contributed by atoms with Crippen LogP contribution in [0.2, 0.25) is 0 Å².